The Kier molecular flexibility index (Phi) is 13.9. The van der Waals surface area contributed by atoms with Crippen molar-refractivity contribution in [3.8, 4) is 0 Å². The zero-order valence-electron chi connectivity index (χ0n) is 32.2. The molecule has 3 aliphatic rings. The number of aromatic amines is 2. The number of nitrogens with one attached hydrogen (secondary N) is 4. The molecular formula is C42H54N6O4Pt. The molecule has 0 spiro atoms. The predicted octanol–water partition coefficient (Wildman–Crippen LogP) is 11.2. The number of hydrogen-bond acceptors (Lipinski definition) is 4. The number of carbonyl (C=O) groups is 2. The molecule has 6 rings (SSSR count). The number of aryl methyl sites for hydroxylation is 2. The molecule has 1 fully saturated rings. The van der Waals surface area contributed by atoms with E-state index in [1.165, 1.54) is 29.5 Å². The van der Waals surface area contributed by atoms with Gasteiger partial charge in [-0.05, 0) is 121 Å². The largest absolute Gasteiger partial charge is 2.00 e. The summed E-state index contributed by atoms with van der Waals surface area (Å²) in [5.41, 5.74) is 29.9. The van der Waals surface area contributed by atoms with E-state index in [0.29, 0.717) is 24.2 Å². The second kappa shape index (κ2) is 17.5. The summed E-state index contributed by atoms with van der Waals surface area (Å²) in [7, 11) is 0. The average molecular weight is 902 g/mol. The summed E-state index contributed by atoms with van der Waals surface area (Å²) in [5, 5.41) is 19.0. The molecular weight excluding hydrogens is 848 g/mol. The van der Waals surface area contributed by atoms with Gasteiger partial charge in [0, 0.05) is 34.9 Å². The molecule has 6 N–H and O–H groups in total. The predicted molar refractivity (Wildman–Crippen MR) is 212 cm³/mol. The molecule has 53 heavy (non-hydrogen) atoms. The quantitative estimate of drug-likeness (QED) is 0.175. The maximum Gasteiger partial charge on any atom is 2.00 e. The average Bonchev–Trinajstić information content (AvgIpc) is 3.73. The molecule has 0 saturated heterocycles. The van der Waals surface area contributed by atoms with Gasteiger partial charge in [-0.1, -0.05) is 53.4 Å². The number of H-pyrrole nitrogens is 2. The van der Waals surface area contributed by atoms with Gasteiger partial charge in [-0.3, -0.25) is 9.59 Å². The first-order valence-electron chi connectivity index (χ1n) is 18.6. The zero-order chi connectivity index (χ0) is 38.0. The topological polar surface area (TPSA) is 180 Å². The number of aliphatic carboxylic acids is 2. The third-order valence-corrected chi connectivity index (χ3v) is 10.7. The van der Waals surface area contributed by atoms with Gasteiger partial charge in [-0.2, -0.15) is 12.1 Å². The molecule has 0 amide bonds. The van der Waals surface area contributed by atoms with Crippen LogP contribution in [0.4, 0.5) is 0 Å². The Morgan fingerprint density at radius 2 is 1.04 bits per heavy atom. The fourth-order valence-electron chi connectivity index (χ4n) is 7.86. The molecule has 286 valence electrons. The summed E-state index contributed by atoms with van der Waals surface area (Å²) in [6.45, 7) is 17.0. The van der Waals surface area contributed by atoms with Gasteiger partial charge in [0.15, 0.2) is 0 Å². The standard InChI is InChI=1S/C36H42N4O4.C6H12N2.Pt/c1-17(2)35-21(7)27-13-25-19(5)23(9-11-33(41)42)29(37-25)16-30-24(10-12-34(43)44)20(6)26(38-30)14-31-36(18(3)4)22(8)28(40-31)15-32(35)39-27;7-5-3-1-2-4-6(5)8;/h13-18,39-40H,9-12H2,1-8H3,(H,41,42)(H,43,44);5-8H,1-4H2;/q;-2;+2. The summed E-state index contributed by atoms with van der Waals surface area (Å²) in [6, 6.07) is 8.08. The number of rotatable bonds is 8. The molecule has 0 radical (unpaired) electrons. The van der Waals surface area contributed by atoms with Crippen LogP contribution in [0.15, 0.2) is 24.3 Å². The van der Waals surface area contributed by atoms with Crippen LogP contribution in [-0.4, -0.2) is 54.2 Å². The minimum atomic E-state index is -0.870. The molecule has 5 heterocycles. The van der Waals surface area contributed by atoms with Gasteiger partial charge in [0.05, 0.1) is 22.8 Å². The molecule has 2 aliphatic heterocycles. The molecule has 2 unspecified atom stereocenters. The number of hydrogen-bond donors (Lipinski definition) is 4. The van der Waals surface area contributed by atoms with Crippen molar-refractivity contribution >= 4 is 56.3 Å². The summed E-state index contributed by atoms with van der Waals surface area (Å²) in [4.78, 5) is 40.6. The third-order valence-electron chi connectivity index (χ3n) is 10.7. The fourth-order valence-corrected chi connectivity index (χ4v) is 7.86. The van der Waals surface area contributed by atoms with Gasteiger partial charge in [-0.25, -0.2) is 9.97 Å². The minimum Gasteiger partial charge on any atom is -0.676 e. The Morgan fingerprint density at radius 1 is 0.660 bits per heavy atom. The van der Waals surface area contributed by atoms with Crippen molar-refractivity contribution in [2.45, 2.75) is 131 Å². The molecule has 3 aromatic rings. The van der Waals surface area contributed by atoms with Crippen LogP contribution in [0.3, 0.4) is 0 Å². The molecule has 1 aliphatic carbocycles. The van der Waals surface area contributed by atoms with E-state index in [2.05, 4.69) is 69.7 Å². The van der Waals surface area contributed by atoms with Crippen molar-refractivity contribution in [2.24, 2.45) is 0 Å². The monoisotopic (exact) mass is 901 g/mol. The Morgan fingerprint density at radius 3 is 1.42 bits per heavy atom. The minimum absolute atomic E-state index is 0. The Labute approximate surface area is 327 Å². The molecule has 11 heteroatoms. The maximum atomic E-state index is 11.6. The van der Waals surface area contributed by atoms with Crippen molar-refractivity contribution in [2.75, 3.05) is 0 Å². The zero-order valence-corrected chi connectivity index (χ0v) is 34.5. The number of carboxylic acid groups (broad SMARTS) is 2. The van der Waals surface area contributed by atoms with Crippen LogP contribution in [-0.2, 0) is 30.7 Å². The SMILES string of the molecule is CC1=C(CCC(=O)O)c2cc3nc(cc4[nH]c(cc5[nH]c(cc1n2)c(C)c5C(C)C)c(C)c4C(C)C)C(C)=C3CCC(=O)O.[NH-]C1CCCCC1[NH-].[Pt+2]. The van der Waals surface area contributed by atoms with E-state index in [9.17, 15) is 19.8 Å². The van der Waals surface area contributed by atoms with Crippen molar-refractivity contribution < 1.29 is 40.9 Å². The van der Waals surface area contributed by atoms with Gasteiger partial charge in [0.25, 0.3) is 0 Å². The second-order valence-electron chi connectivity index (χ2n) is 15.1. The Hall–Kier alpha value is -3.85. The molecule has 10 nitrogen and oxygen atoms in total. The summed E-state index contributed by atoms with van der Waals surface area (Å²) < 4.78 is 0. The van der Waals surface area contributed by atoms with Crippen LogP contribution in [0.2, 0.25) is 0 Å². The van der Waals surface area contributed by atoms with Crippen molar-refractivity contribution in [1.29, 1.82) is 0 Å². The maximum absolute atomic E-state index is 11.6. The van der Waals surface area contributed by atoms with E-state index < -0.39 is 11.9 Å². The number of nitrogens with zero attached hydrogens (tertiary/aromatic N) is 2. The molecule has 2 atom stereocenters. The first-order chi connectivity index (χ1) is 24.6. The van der Waals surface area contributed by atoms with Crippen molar-refractivity contribution in [1.82, 2.24) is 19.9 Å². The summed E-state index contributed by atoms with van der Waals surface area (Å²) in [5.74, 6) is -1.19. The van der Waals surface area contributed by atoms with Crippen LogP contribution in [0.1, 0.15) is 150 Å². The fraction of sp³-hybridized carbons (Fsp3) is 0.476. The van der Waals surface area contributed by atoms with Gasteiger partial charge in [-0.15, -0.1) is 0 Å². The van der Waals surface area contributed by atoms with Crippen LogP contribution < -0.4 is 0 Å². The number of fused-ring (bicyclic) bond motifs is 8. The second-order valence-corrected chi connectivity index (χ2v) is 15.1. The normalized spacial score (nSPS) is 17.2. The van der Waals surface area contributed by atoms with Gasteiger partial charge in [0.1, 0.15) is 0 Å². The van der Waals surface area contributed by atoms with Crippen LogP contribution >= 0.6 is 0 Å². The van der Waals surface area contributed by atoms with E-state index >= 15 is 0 Å². The molecule has 0 aromatic carbocycles. The number of carboxylic acids is 2. The molecule has 1 saturated carbocycles. The number of aromatic nitrogens is 4. The Balaban J connectivity index is 0.000000617. The van der Waals surface area contributed by atoms with E-state index in [0.717, 1.165) is 74.2 Å². The smallest absolute Gasteiger partial charge is 0.676 e. The van der Waals surface area contributed by atoms with Gasteiger partial charge < -0.3 is 31.6 Å². The summed E-state index contributed by atoms with van der Waals surface area (Å²) >= 11 is 0. The van der Waals surface area contributed by atoms with E-state index in [4.69, 9.17) is 21.4 Å². The first-order valence-corrected chi connectivity index (χ1v) is 18.6. The van der Waals surface area contributed by atoms with Gasteiger partial charge >= 0.3 is 33.0 Å². The summed E-state index contributed by atoms with van der Waals surface area (Å²) in [6.07, 6.45) is 4.87. The van der Waals surface area contributed by atoms with Crippen molar-refractivity contribution in [3.05, 3.63) is 80.8 Å². The van der Waals surface area contributed by atoms with Gasteiger partial charge in [0.2, 0.25) is 0 Å². The number of allylic oxidation sites excluding steroid dienone is 4. The van der Waals surface area contributed by atoms with Crippen LogP contribution in [0.25, 0.3) is 55.8 Å². The van der Waals surface area contributed by atoms with Crippen LogP contribution in [0, 0.1) is 13.8 Å². The molecule has 8 bridgehead atoms. The Bertz CT molecular complexity index is 2100. The molecule has 3 aromatic heterocycles. The van der Waals surface area contributed by atoms with E-state index in [1.807, 2.05) is 19.9 Å². The van der Waals surface area contributed by atoms with Crippen molar-refractivity contribution in [3.63, 3.8) is 0 Å². The first kappa shape index (κ1) is 41.9. The van der Waals surface area contributed by atoms with E-state index in [1.54, 1.807) is 0 Å². The third kappa shape index (κ3) is 9.27. The van der Waals surface area contributed by atoms with Crippen LogP contribution in [0.5, 0.6) is 0 Å². The van der Waals surface area contributed by atoms with E-state index in [-0.39, 0.29) is 57.8 Å².